The molecule has 0 heterocycles. The van der Waals surface area contributed by atoms with Gasteiger partial charge in [-0.3, -0.25) is 4.57 Å². The van der Waals surface area contributed by atoms with Crippen molar-refractivity contribution in [3.05, 3.63) is 12.7 Å². The lowest BCUT2D eigenvalue weighted by atomic mass is 10.7. The van der Waals surface area contributed by atoms with Gasteiger partial charge in [0.15, 0.2) is 0 Å². The lowest BCUT2D eigenvalue weighted by Gasteiger charge is -2.22. The van der Waals surface area contributed by atoms with Crippen LogP contribution in [-0.4, -0.2) is 18.9 Å². The molecule has 0 saturated heterocycles. The Hall–Kier alpha value is -0.250. The molecule has 0 N–H and O–H groups in total. The molecule has 0 rings (SSSR count). The highest BCUT2D eigenvalue weighted by Gasteiger charge is 2.50. The van der Waals surface area contributed by atoms with Gasteiger partial charge >= 0.3 is 13.3 Å². The molecule has 0 aromatic carbocycles. The molecule has 0 fully saturated rings. The van der Waals surface area contributed by atoms with Crippen LogP contribution in [0.3, 0.4) is 0 Å². The Labute approximate surface area is 76.3 Å². The second-order valence-corrected chi connectivity index (χ2v) is 4.23. The van der Waals surface area contributed by atoms with E-state index in [0.717, 1.165) is 0 Å². The first kappa shape index (κ1) is 12.8. The van der Waals surface area contributed by atoms with E-state index in [9.17, 15) is 13.3 Å². The van der Waals surface area contributed by atoms with E-state index in [-0.39, 0.29) is 19.3 Å². The second-order valence-electron chi connectivity index (χ2n) is 2.12. The number of hydrogen-bond acceptors (Lipinski definition) is 3. The fraction of sp³-hybridized carbons (Fsp3) is 0.714. The highest BCUT2D eigenvalue weighted by Crippen LogP contribution is 2.62. The van der Waals surface area contributed by atoms with Crippen molar-refractivity contribution in [2.24, 2.45) is 0 Å². The number of rotatable bonds is 6. The molecular formula is C7H13F2O3P. The molecule has 0 aliphatic heterocycles. The predicted molar refractivity (Wildman–Crippen MR) is 46.0 cm³/mol. The summed E-state index contributed by atoms with van der Waals surface area (Å²) in [5.41, 5.74) is -3.63. The van der Waals surface area contributed by atoms with Gasteiger partial charge in [0.25, 0.3) is 0 Å². The van der Waals surface area contributed by atoms with Gasteiger partial charge in [-0.25, -0.2) is 0 Å². The Morgan fingerprint density at radius 3 is 2.00 bits per heavy atom. The van der Waals surface area contributed by atoms with E-state index < -0.39 is 13.3 Å². The van der Waals surface area contributed by atoms with Crippen molar-refractivity contribution in [2.45, 2.75) is 19.5 Å². The minimum absolute atomic E-state index is 0.0965. The average Bonchev–Trinajstić information content (AvgIpc) is 2.05. The SMILES string of the molecule is C=CC(F)(F)P(=O)(OCC)OCC. The summed E-state index contributed by atoms with van der Waals surface area (Å²) in [5.74, 6) is 0. The number of halogens is 2. The molecule has 13 heavy (non-hydrogen) atoms. The van der Waals surface area contributed by atoms with Crippen LogP contribution in [0.5, 0.6) is 0 Å². The fourth-order valence-corrected chi connectivity index (χ4v) is 1.98. The van der Waals surface area contributed by atoms with Crippen molar-refractivity contribution in [3.8, 4) is 0 Å². The van der Waals surface area contributed by atoms with Crippen LogP contribution in [0, 0.1) is 0 Å². The van der Waals surface area contributed by atoms with Gasteiger partial charge in [0.05, 0.1) is 13.2 Å². The summed E-state index contributed by atoms with van der Waals surface area (Å²) < 4.78 is 46.2. The van der Waals surface area contributed by atoms with Crippen LogP contribution in [0.2, 0.25) is 0 Å². The molecule has 3 nitrogen and oxygen atoms in total. The van der Waals surface area contributed by atoms with Gasteiger partial charge in [0, 0.05) is 0 Å². The van der Waals surface area contributed by atoms with Crippen LogP contribution < -0.4 is 0 Å². The standard InChI is InChI=1S/C7H13F2O3P/c1-4-7(8,9)13(10,11-5-2)12-6-3/h4H,1,5-6H2,2-3H3. The number of hydrogen-bond donors (Lipinski definition) is 0. The van der Waals surface area contributed by atoms with Crippen LogP contribution in [0.1, 0.15) is 13.8 Å². The zero-order valence-corrected chi connectivity index (χ0v) is 8.52. The molecule has 0 unspecified atom stereocenters. The Bertz CT molecular complexity index is 208. The van der Waals surface area contributed by atoms with Crippen molar-refractivity contribution in [1.82, 2.24) is 0 Å². The molecular weight excluding hydrogens is 201 g/mol. The molecule has 0 saturated carbocycles. The maximum absolute atomic E-state index is 12.9. The predicted octanol–water partition coefficient (Wildman–Crippen LogP) is 3.03. The minimum Gasteiger partial charge on any atom is -0.304 e. The summed E-state index contributed by atoms with van der Waals surface area (Å²) in [7, 11) is -4.37. The normalized spacial score (nSPS) is 12.9. The van der Waals surface area contributed by atoms with Gasteiger partial charge in [0.1, 0.15) is 0 Å². The maximum Gasteiger partial charge on any atom is 0.403 e. The zero-order chi connectivity index (χ0) is 10.5. The summed E-state index contributed by atoms with van der Waals surface area (Å²) in [6.07, 6.45) is 0.277. The van der Waals surface area contributed by atoms with Crippen LogP contribution in [0.15, 0.2) is 12.7 Å². The highest BCUT2D eigenvalue weighted by atomic mass is 31.2. The van der Waals surface area contributed by atoms with Crippen molar-refractivity contribution < 1.29 is 22.4 Å². The maximum atomic E-state index is 12.9. The van der Waals surface area contributed by atoms with Crippen molar-refractivity contribution in [3.63, 3.8) is 0 Å². The van der Waals surface area contributed by atoms with Crippen LogP contribution in [0.25, 0.3) is 0 Å². The highest BCUT2D eigenvalue weighted by molar-refractivity contribution is 7.55. The van der Waals surface area contributed by atoms with Gasteiger partial charge in [-0.1, -0.05) is 6.58 Å². The van der Waals surface area contributed by atoms with Gasteiger partial charge in [-0.05, 0) is 19.9 Å². The molecule has 0 aliphatic carbocycles. The third kappa shape index (κ3) is 2.86. The third-order valence-electron chi connectivity index (χ3n) is 1.21. The van der Waals surface area contributed by atoms with Crippen molar-refractivity contribution in [2.75, 3.05) is 13.2 Å². The van der Waals surface area contributed by atoms with E-state index in [0.29, 0.717) is 0 Å². The first-order chi connectivity index (χ1) is 5.93. The molecule has 0 amide bonds. The first-order valence-corrected chi connectivity index (χ1v) is 5.38. The van der Waals surface area contributed by atoms with E-state index in [1.54, 1.807) is 0 Å². The molecule has 0 aromatic rings. The largest absolute Gasteiger partial charge is 0.403 e. The summed E-state index contributed by atoms with van der Waals surface area (Å²) in [6, 6.07) is 0. The molecule has 6 heteroatoms. The van der Waals surface area contributed by atoms with Gasteiger partial charge < -0.3 is 9.05 Å². The van der Waals surface area contributed by atoms with Gasteiger partial charge in [-0.15, -0.1) is 0 Å². The van der Waals surface area contributed by atoms with Gasteiger partial charge in [0.2, 0.25) is 0 Å². The zero-order valence-electron chi connectivity index (χ0n) is 7.63. The van der Waals surface area contributed by atoms with E-state index in [2.05, 4.69) is 15.6 Å². The Morgan fingerprint density at radius 2 is 1.77 bits per heavy atom. The Morgan fingerprint density at radius 1 is 1.38 bits per heavy atom. The molecule has 0 aromatic heterocycles. The molecule has 0 atom stereocenters. The van der Waals surface area contributed by atoms with E-state index in [1.807, 2.05) is 0 Å². The summed E-state index contributed by atoms with van der Waals surface area (Å²) in [4.78, 5) is 0. The lowest BCUT2D eigenvalue weighted by Crippen LogP contribution is -2.17. The number of allylic oxidation sites excluding steroid dienone is 1. The van der Waals surface area contributed by atoms with Crippen molar-refractivity contribution >= 4 is 7.60 Å². The summed E-state index contributed by atoms with van der Waals surface area (Å²) in [6.45, 7) is 5.61. The van der Waals surface area contributed by atoms with Crippen LogP contribution in [-0.2, 0) is 13.6 Å². The van der Waals surface area contributed by atoms with E-state index >= 15 is 0 Å². The Balaban J connectivity index is 4.77. The first-order valence-electron chi connectivity index (χ1n) is 3.84. The minimum atomic E-state index is -4.37. The third-order valence-corrected chi connectivity index (χ3v) is 3.32. The topological polar surface area (TPSA) is 35.5 Å². The smallest absolute Gasteiger partial charge is 0.304 e. The summed E-state index contributed by atoms with van der Waals surface area (Å²) in [5, 5.41) is 0. The average molecular weight is 214 g/mol. The van der Waals surface area contributed by atoms with Crippen LogP contribution in [0.4, 0.5) is 8.78 Å². The molecule has 0 bridgehead atoms. The quantitative estimate of drug-likeness (QED) is 0.503. The Kier molecular flexibility index (Phi) is 4.75. The molecule has 0 aliphatic rings. The van der Waals surface area contributed by atoms with Gasteiger partial charge in [-0.2, -0.15) is 8.78 Å². The van der Waals surface area contributed by atoms with E-state index in [1.165, 1.54) is 13.8 Å². The molecule has 0 radical (unpaired) electrons. The molecule has 0 spiro atoms. The van der Waals surface area contributed by atoms with Crippen molar-refractivity contribution in [1.29, 1.82) is 0 Å². The molecule has 78 valence electrons. The lowest BCUT2D eigenvalue weighted by molar-refractivity contribution is 0.0796. The monoisotopic (exact) mass is 214 g/mol. The van der Waals surface area contributed by atoms with E-state index in [4.69, 9.17) is 0 Å². The fourth-order valence-electron chi connectivity index (χ4n) is 0.661. The number of alkyl halides is 2. The second kappa shape index (κ2) is 4.84. The summed E-state index contributed by atoms with van der Waals surface area (Å²) >= 11 is 0. The van der Waals surface area contributed by atoms with Crippen LogP contribution >= 0.6 is 7.60 Å².